The maximum Gasteiger partial charge on any atom is 0.185 e. The summed E-state index contributed by atoms with van der Waals surface area (Å²) in [4.78, 5) is 5.79. The zero-order valence-electron chi connectivity index (χ0n) is 10.6. The summed E-state index contributed by atoms with van der Waals surface area (Å²) in [6.45, 7) is 0. The lowest BCUT2D eigenvalue weighted by molar-refractivity contribution is 0.583. The average molecular weight is 275 g/mol. The molecule has 7 heteroatoms. The second-order valence-electron chi connectivity index (χ2n) is 4.33. The first kappa shape index (κ1) is 12.3. The number of pyridine rings is 1. The van der Waals surface area contributed by atoms with Crippen molar-refractivity contribution in [3.63, 3.8) is 0 Å². The number of benzene rings is 1. The van der Waals surface area contributed by atoms with Gasteiger partial charge in [0.2, 0.25) is 0 Å². The number of nitrogens with two attached hydrogens (primary N) is 1. The Morgan fingerprint density at radius 1 is 1.20 bits per heavy atom. The molecule has 0 bridgehead atoms. The van der Waals surface area contributed by atoms with Crippen LogP contribution in [-0.4, -0.2) is 22.2 Å². The van der Waals surface area contributed by atoms with Crippen LogP contribution in [0.2, 0.25) is 0 Å². The van der Waals surface area contributed by atoms with E-state index in [1.54, 1.807) is 19.2 Å². The number of H-pyrrole nitrogens is 1. The van der Waals surface area contributed by atoms with Gasteiger partial charge in [-0.15, -0.1) is 0 Å². The van der Waals surface area contributed by atoms with Gasteiger partial charge >= 0.3 is 0 Å². The lowest BCUT2D eigenvalue weighted by Gasteiger charge is -2.18. The Hall–Kier alpha value is -2.70. The number of fused-ring (bicyclic) bond motifs is 1. The number of aromatic amines is 1. The highest BCUT2D eigenvalue weighted by Gasteiger charge is 2.13. The average Bonchev–Trinajstić information content (AvgIpc) is 2.79. The summed E-state index contributed by atoms with van der Waals surface area (Å²) >= 11 is 0. The van der Waals surface area contributed by atoms with Gasteiger partial charge in [0.25, 0.3) is 0 Å². The minimum absolute atomic E-state index is 0.224. The quantitative estimate of drug-likeness (QED) is 0.754. The number of hydrogen-bond donors (Lipinski definition) is 2. The molecule has 0 aliphatic carbocycles. The topological polar surface area (TPSA) is 70.8 Å². The molecular weight excluding hydrogens is 264 g/mol. The van der Waals surface area contributed by atoms with Crippen LogP contribution in [0.1, 0.15) is 0 Å². The summed E-state index contributed by atoms with van der Waals surface area (Å²) in [6, 6.07) is 6.82. The Labute approximate surface area is 113 Å². The van der Waals surface area contributed by atoms with Gasteiger partial charge < -0.3 is 10.6 Å². The highest BCUT2D eigenvalue weighted by atomic mass is 19.1. The molecule has 0 saturated carbocycles. The second kappa shape index (κ2) is 4.44. The van der Waals surface area contributed by atoms with Crippen LogP contribution in [0.4, 0.5) is 26.1 Å². The van der Waals surface area contributed by atoms with Gasteiger partial charge in [-0.25, -0.2) is 13.8 Å². The fraction of sp³-hybridized carbons (Fsp3) is 0.0769. The fourth-order valence-electron chi connectivity index (χ4n) is 1.97. The maximum absolute atomic E-state index is 13.8. The molecule has 102 valence electrons. The van der Waals surface area contributed by atoms with Crippen molar-refractivity contribution in [1.82, 2.24) is 15.2 Å². The van der Waals surface area contributed by atoms with Crippen molar-refractivity contribution in [1.29, 1.82) is 0 Å². The van der Waals surface area contributed by atoms with Crippen LogP contribution >= 0.6 is 0 Å². The number of rotatable bonds is 2. The predicted octanol–water partition coefficient (Wildman–Crippen LogP) is 2.59. The number of halogens is 2. The van der Waals surface area contributed by atoms with E-state index in [0.29, 0.717) is 22.7 Å². The second-order valence-corrected chi connectivity index (χ2v) is 4.33. The normalized spacial score (nSPS) is 10.9. The SMILES string of the molecule is CN(c1ccc2c(N)[nH]nc2n1)c1ccc(F)cc1F. The van der Waals surface area contributed by atoms with E-state index in [1.807, 2.05) is 0 Å². The number of nitrogen functional groups attached to an aromatic ring is 1. The molecule has 0 amide bonds. The highest BCUT2D eigenvalue weighted by molar-refractivity contribution is 5.87. The molecule has 0 atom stereocenters. The van der Waals surface area contributed by atoms with E-state index in [9.17, 15) is 8.78 Å². The van der Waals surface area contributed by atoms with Gasteiger partial charge in [0, 0.05) is 13.1 Å². The van der Waals surface area contributed by atoms with Crippen LogP contribution in [0.15, 0.2) is 30.3 Å². The van der Waals surface area contributed by atoms with Gasteiger partial charge in [0.05, 0.1) is 11.1 Å². The molecule has 20 heavy (non-hydrogen) atoms. The van der Waals surface area contributed by atoms with E-state index < -0.39 is 11.6 Å². The molecule has 1 aromatic carbocycles. The number of aromatic nitrogens is 3. The summed E-state index contributed by atoms with van der Waals surface area (Å²) in [6.07, 6.45) is 0. The molecule has 0 saturated heterocycles. The Morgan fingerprint density at radius 3 is 2.75 bits per heavy atom. The van der Waals surface area contributed by atoms with Crippen molar-refractivity contribution < 1.29 is 8.78 Å². The molecule has 2 aromatic heterocycles. The molecule has 0 radical (unpaired) electrons. The Morgan fingerprint density at radius 2 is 2.00 bits per heavy atom. The molecule has 3 rings (SSSR count). The summed E-state index contributed by atoms with van der Waals surface area (Å²) < 4.78 is 26.7. The molecule has 0 spiro atoms. The van der Waals surface area contributed by atoms with E-state index in [4.69, 9.17) is 5.73 Å². The van der Waals surface area contributed by atoms with Crippen LogP contribution in [0, 0.1) is 11.6 Å². The van der Waals surface area contributed by atoms with E-state index >= 15 is 0 Å². The zero-order chi connectivity index (χ0) is 14.3. The Balaban J connectivity index is 2.05. The van der Waals surface area contributed by atoms with Crippen molar-refractivity contribution in [2.45, 2.75) is 0 Å². The minimum atomic E-state index is -0.657. The highest BCUT2D eigenvalue weighted by Crippen LogP contribution is 2.27. The molecule has 3 N–H and O–H groups in total. The third-order valence-corrected chi connectivity index (χ3v) is 3.05. The lowest BCUT2D eigenvalue weighted by Crippen LogP contribution is -2.13. The van der Waals surface area contributed by atoms with Gasteiger partial charge in [0.15, 0.2) is 5.65 Å². The summed E-state index contributed by atoms with van der Waals surface area (Å²) in [5.41, 5.74) is 6.34. The van der Waals surface area contributed by atoms with Gasteiger partial charge in [-0.2, -0.15) is 5.10 Å². The third-order valence-electron chi connectivity index (χ3n) is 3.05. The Kier molecular flexibility index (Phi) is 2.74. The van der Waals surface area contributed by atoms with Crippen LogP contribution < -0.4 is 10.6 Å². The van der Waals surface area contributed by atoms with Crippen molar-refractivity contribution in [3.8, 4) is 0 Å². The van der Waals surface area contributed by atoms with E-state index in [-0.39, 0.29) is 5.69 Å². The molecule has 0 fully saturated rings. The smallest absolute Gasteiger partial charge is 0.185 e. The third kappa shape index (κ3) is 1.93. The van der Waals surface area contributed by atoms with Crippen molar-refractivity contribution in [2.75, 3.05) is 17.7 Å². The molecular formula is C13H11F2N5. The van der Waals surface area contributed by atoms with Crippen molar-refractivity contribution in [2.24, 2.45) is 0 Å². The minimum Gasteiger partial charge on any atom is -0.384 e. The first-order chi connectivity index (χ1) is 9.56. The predicted molar refractivity (Wildman–Crippen MR) is 72.7 cm³/mol. The van der Waals surface area contributed by atoms with Gasteiger partial charge in [0.1, 0.15) is 23.3 Å². The number of nitrogens with zero attached hydrogens (tertiary/aromatic N) is 3. The number of anilines is 3. The van der Waals surface area contributed by atoms with E-state index in [2.05, 4.69) is 15.2 Å². The summed E-state index contributed by atoms with van der Waals surface area (Å²) in [5.74, 6) is -0.372. The standard InChI is InChI=1S/C13H11F2N5/c1-20(10-4-2-7(14)6-9(10)15)11-5-3-8-12(16)18-19-13(8)17-11/h2-6H,1H3,(H3,16,17,18,19). The van der Waals surface area contributed by atoms with E-state index in [1.165, 1.54) is 17.0 Å². The van der Waals surface area contributed by atoms with Crippen LogP contribution in [0.3, 0.4) is 0 Å². The lowest BCUT2D eigenvalue weighted by atomic mass is 10.2. The first-order valence-electron chi connectivity index (χ1n) is 5.85. The first-order valence-corrected chi connectivity index (χ1v) is 5.85. The molecule has 0 aliphatic heterocycles. The van der Waals surface area contributed by atoms with Gasteiger partial charge in [-0.05, 0) is 24.3 Å². The summed E-state index contributed by atoms with van der Waals surface area (Å²) in [7, 11) is 1.64. The molecule has 5 nitrogen and oxygen atoms in total. The van der Waals surface area contributed by atoms with Crippen LogP contribution in [0.25, 0.3) is 11.0 Å². The van der Waals surface area contributed by atoms with Crippen LogP contribution in [0.5, 0.6) is 0 Å². The number of hydrogen-bond acceptors (Lipinski definition) is 4. The summed E-state index contributed by atoms with van der Waals surface area (Å²) in [5, 5.41) is 7.27. The molecule has 0 unspecified atom stereocenters. The van der Waals surface area contributed by atoms with Crippen LogP contribution in [-0.2, 0) is 0 Å². The monoisotopic (exact) mass is 275 g/mol. The molecule has 2 heterocycles. The zero-order valence-corrected chi connectivity index (χ0v) is 10.6. The fourth-order valence-corrected chi connectivity index (χ4v) is 1.97. The molecule has 0 aliphatic rings. The van der Waals surface area contributed by atoms with Crippen molar-refractivity contribution in [3.05, 3.63) is 42.0 Å². The van der Waals surface area contributed by atoms with Gasteiger partial charge in [-0.1, -0.05) is 0 Å². The van der Waals surface area contributed by atoms with Gasteiger partial charge in [-0.3, -0.25) is 5.10 Å². The Bertz CT molecular complexity index is 784. The largest absolute Gasteiger partial charge is 0.384 e. The molecule has 3 aromatic rings. The van der Waals surface area contributed by atoms with Crippen molar-refractivity contribution >= 4 is 28.4 Å². The number of nitrogens with one attached hydrogen (secondary N) is 1. The maximum atomic E-state index is 13.8. The van der Waals surface area contributed by atoms with E-state index in [0.717, 1.165) is 6.07 Å².